The van der Waals surface area contributed by atoms with E-state index in [1.807, 2.05) is 0 Å². The number of hydrogen-bond acceptors (Lipinski definition) is 1. The topological polar surface area (TPSA) is 20.2 Å². The van der Waals surface area contributed by atoms with Crippen molar-refractivity contribution in [3.8, 4) is 0 Å². The van der Waals surface area contributed by atoms with Crippen molar-refractivity contribution < 1.29 is 18.3 Å². The molecule has 0 fully saturated rings. The van der Waals surface area contributed by atoms with Gasteiger partial charge in [0.2, 0.25) is 0 Å². The van der Waals surface area contributed by atoms with Crippen LogP contribution >= 0.6 is 15.9 Å². The van der Waals surface area contributed by atoms with Gasteiger partial charge in [-0.2, -0.15) is 0 Å². The fourth-order valence-electron chi connectivity index (χ4n) is 1.98. The first-order valence-electron chi connectivity index (χ1n) is 5.96. The van der Waals surface area contributed by atoms with Gasteiger partial charge in [0.15, 0.2) is 11.6 Å². The summed E-state index contributed by atoms with van der Waals surface area (Å²) < 4.78 is 39.6. The maximum Gasteiger partial charge on any atom is 0.173 e. The molecule has 106 valence electrons. The average Bonchev–Trinajstić information content (AvgIpc) is 2.40. The number of aliphatic hydroxyl groups is 1. The normalized spacial score (nSPS) is 12.5. The minimum absolute atomic E-state index is 0.112. The summed E-state index contributed by atoms with van der Waals surface area (Å²) in [5.41, 5.74) is 1.67. The lowest BCUT2D eigenvalue weighted by molar-refractivity contribution is 0.176. The van der Waals surface area contributed by atoms with Crippen LogP contribution in [0.15, 0.2) is 34.8 Å². The molecule has 5 heteroatoms. The number of hydrogen-bond donors (Lipinski definition) is 1. The standard InChI is InChI=1S/C15H12BrF3O/c1-8-2-3-10(17)6-9(8)7-13(20)11-4-5-12(18)15(19)14(11)16/h2-6,13,20H,7H2,1H3. The highest BCUT2D eigenvalue weighted by Gasteiger charge is 2.18. The highest BCUT2D eigenvalue weighted by molar-refractivity contribution is 9.10. The SMILES string of the molecule is Cc1ccc(F)cc1CC(O)c1ccc(F)c(F)c1Br. The predicted molar refractivity (Wildman–Crippen MR) is 73.9 cm³/mol. The summed E-state index contributed by atoms with van der Waals surface area (Å²) in [6.07, 6.45) is -0.937. The van der Waals surface area contributed by atoms with E-state index in [-0.39, 0.29) is 16.5 Å². The minimum atomic E-state index is -1.06. The summed E-state index contributed by atoms with van der Waals surface area (Å²) in [6, 6.07) is 6.53. The molecule has 0 aliphatic rings. The average molecular weight is 345 g/mol. The van der Waals surface area contributed by atoms with E-state index < -0.39 is 23.6 Å². The molecule has 2 aromatic rings. The molecular weight excluding hydrogens is 333 g/mol. The Balaban J connectivity index is 2.31. The number of benzene rings is 2. The summed E-state index contributed by atoms with van der Waals surface area (Å²) in [4.78, 5) is 0. The highest BCUT2D eigenvalue weighted by Crippen LogP contribution is 2.30. The van der Waals surface area contributed by atoms with Gasteiger partial charge in [0.1, 0.15) is 5.82 Å². The third kappa shape index (κ3) is 3.04. The molecule has 2 aromatic carbocycles. The predicted octanol–water partition coefficient (Wildman–Crippen LogP) is 4.45. The van der Waals surface area contributed by atoms with E-state index in [0.29, 0.717) is 5.56 Å². The van der Waals surface area contributed by atoms with Crippen molar-refractivity contribution >= 4 is 15.9 Å². The number of rotatable bonds is 3. The van der Waals surface area contributed by atoms with Crippen molar-refractivity contribution in [1.29, 1.82) is 0 Å². The van der Waals surface area contributed by atoms with Gasteiger partial charge >= 0.3 is 0 Å². The Morgan fingerprint density at radius 3 is 2.55 bits per heavy atom. The molecule has 0 saturated carbocycles. The first-order valence-corrected chi connectivity index (χ1v) is 6.76. The zero-order valence-corrected chi connectivity index (χ0v) is 12.2. The zero-order valence-electron chi connectivity index (χ0n) is 10.6. The zero-order chi connectivity index (χ0) is 14.9. The first-order chi connectivity index (χ1) is 9.40. The lowest BCUT2D eigenvalue weighted by Gasteiger charge is -2.15. The fraction of sp³-hybridized carbons (Fsp3) is 0.200. The van der Waals surface area contributed by atoms with Gasteiger partial charge in [-0.25, -0.2) is 13.2 Å². The van der Waals surface area contributed by atoms with Crippen LogP contribution in [0.1, 0.15) is 22.8 Å². The molecule has 1 unspecified atom stereocenters. The van der Waals surface area contributed by atoms with E-state index in [2.05, 4.69) is 15.9 Å². The molecule has 0 aromatic heterocycles. The molecule has 0 aliphatic heterocycles. The second kappa shape index (κ2) is 5.97. The molecular formula is C15H12BrF3O. The third-order valence-corrected chi connectivity index (χ3v) is 3.95. The van der Waals surface area contributed by atoms with E-state index in [0.717, 1.165) is 11.6 Å². The van der Waals surface area contributed by atoms with Crippen LogP contribution in [0, 0.1) is 24.4 Å². The van der Waals surface area contributed by atoms with Crippen LogP contribution in [0.4, 0.5) is 13.2 Å². The molecule has 20 heavy (non-hydrogen) atoms. The summed E-state index contributed by atoms with van der Waals surface area (Å²) in [6.45, 7) is 1.79. The van der Waals surface area contributed by atoms with Crippen molar-refractivity contribution in [2.75, 3.05) is 0 Å². The Bertz CT molecular complexity index is 643. The van der Waals surface area contributed by atoms with Crippen LogP contribution in [0.5, 0.6) is 0 Å². The van der Waals surface area contributed by atoms with Crippen molar-refractivity contribution in [1.82, 2.24) is 0 Å². The van der Waals surface area contributed by atoms with Gasteiger partial charge in [-0.15, -0.1) is 0 Å². The van der Waals surface area contributed by atoms with Gasteiger partial charge in [0.05, 0.1) is 10.6 Å². The Morgan fingerprint density at radius 1 is 1.15 bits per heavy atom. The van der Waals surface area contributed by atoms with Crippen molar-refractivity contribution in [3.63, 3.8) is 0 Å². The van der Waals surface area contributed by atoms with Gasteiger partial charge in [0.25, 0.3) is 0 Å². The number of halogens is 4. The van der Waals surface area contributed by atoms with E-state index in [9.17, 15) is 18.3 Å². The number of aliphatic hydroxyl groups excluding tert-OH is 1. The molecule has 2 rings (SSSR count). The van der Waals surface area contributed by atoms with E-state index in [4.69, 9.17) is 0 Å². The molecule has 1 N–H and O–H groups in total. The Kier molecular flexibility index (Phi) is 4.50. The van der Waals surface area contributed by atoms with Crippen LogP contribution < -0.4 is 0 Å². The van der Waals surface area contributed by atoms with Crippen LogP contribution in [0.2, 0.25) is 0 Å². The molecule has 1 nitrogen and oxygen atoms in total. The van der Waals surface area contributed by atoms with E-state index in [1.54, 1.807) is 13.0 Å². The van der Waals surface area contributed by atoms with Crippen LogP contribution in [0.3, 0.4) is 0 Å². The van der Waals surface area contributed by atoms with E-state index >= 15 is 0 Å². The lowest BCUT2D eigenvalue weighted by atomic mass is 9.98. The van der Waals surface area contributed by atoms with Crippen LogP contribution in [-0.4, -0.2) is 5.11 Å². The Hall–Kier alpha value is -1.33. The highest BCUT2D eigenvalue weighted by atomic mass is 79.9. The quantitative estimate of drug-likeness (QED) is 0.815. The van der Waals surface area contributed by atoms with Crippen molar-refractivity contribution in [2.24, 2.45) is 0 Å². The lowest BCUT2D eigenvalue weighted by Crippen LogP contribution is -2.06. The summed E-state index contributed by atoms with van der Waals surface area (Å²) >= 11 is 2.93. The van der Waals surface area contributed by atoms with Crippen molar-refractivity contribution in [2.45, 2.75) is 19.4 Å². The largest absolute Gasteiger partial charge is 0.388 e. The summed E-state index contributed by atoms with van der Waals surface area (Å²) in [5.74, 6) is -2.44. The van der Waals surface area contributed by atoms with Gasteiger partial charge in [-0.3, -0.25) is 0 Å². The molecule has 1 atom stereocenters. The Morgan fingerprint density at radius 2 is 1.85 bits per heavy atom. The van der Waals surface area contributed by atoms with Gasteiger partial charge in [0, 0.05) is 6.42 Å². The molecule has 0 amide bonds. The molecule has 0 bridgehead atoms. The van der Waals surface area contributed by atoms with Crippen LogP contribution in [0.25, 0.3) is 0 Å². The Labute approximate surface area is 123 Å². The smallest absolute Gasteiger partial charge is 0.173 e. The first kappa shape index (κ1) is 15.1. The monoisotopic (exact) mass is 344 g/mol. The third-order valence-electron chi connectivity index (χ3n) is 3.15. The van der Waals surface area contributed by atoms with Gasteiger partial charge in [-0.1, -0.05) is 12.1 Å². The molecule has 0 saturated heterocycles. The molecule has 0 spiro atoms. The number of aryl methyl sites for hydroxylation is 1. The summed E-state index contributed by atoms with van der Waals surface area (Å²) in [7, 11) is 0. The maximum atomic E-state index is 13.4. The van der Waals surface area contributed by atoms with E-state index in [1.165, 1.54) is 18.2 Å². The summed E-state index contributed by atoms with van der Waals surface area (Å²) in [5, 5.41) is 10.1. The van der Waals surface area contributed by atoms with Gasteiger partial charge < -0.3 is 5.11 Å². The van der Waals surface area contributed by atoms with Crippen molar-refractivity contribution in [3.05, 3.63) is 68.9 Å². The minimum Gasteiger partial charge on any atom is -0.388 e. The molecule has 0 heterocycles. The second-order valence-corrected chi connectivity index (χ2v) is 5.35. The fourth-order valence-corrected chi connectivity index (χ4v) is 2.56. The maximum absolute atomic E-state index is 13.4. The second-order valence-electron chi connectivity index (χ2n) is 4.56. The molecule has 0 aliphatic carbocycles. The van der Waals surface area contributed by atoms with Crippen LogP contribution in [-0.2, 0) is 6.42 Å². The van der Waals surface area contributed by atoms with Gasteiger partial charge in [-0.05, 0) is 57.7 Å². The molecule has 0 radical (unpaired) electrons.